The van der Waals surface area contributed by atoms with E-state index in [-0.39, 0.29) is 18.7 Å². The van der Waals surface area contributed by atoms with Crippen LogP contribution in [0.3, 0.4) is 0 Å². The number of carbonyl (C=O) groups excluding carboxylic acids is 1. The first-order valence-corrected chi connectivity index (χ1v) is 7.66. The van der Waals surface area contributed by atoms with Gasteiger partial charge in [0.25, 0.3) is 0 Å². The molecule has 0 aromatic rings. The Hall–Kier alpha value is -0.810. The molecule has 1 unspecified atom stereocenters. The van der Waals surface area contributed by atoms with Crippen molar-refractivity contribution in [3.63, 3.8) is 0 Å². The van der Waals surface area contributed by atoms with Crippen LogP contribution in [-0.2, 0) is 4.74 Å². The Balaban J connectivity index is 2.23. The van der Waals surface area contributed by atoms with E-state index in [9.17, 15) is 4.79 Å². The molecule has 5 heteroatoms. The zero-order chi connectivity index (χ0) is 15.2. The molecule has 0 saturated heterocycles. The Morgan fingerprint density at radius 1 is 1.25 bits per heavy atom. The lowest BCUT2D eigenvalue weighted by molar-refractivity contribution is 0.0489. The highest BCUT2D eigenvalue weighted by Gasteiger charge is 2.25. The maximum atomic E-state index is 11.7. The molecule has 0 heterocycles. The standard InChI is InChI=1S/C15H30N2O3/c1-11(9-10-18)16-12-5-7-13(8-6-12)17-14(19)20-15(2,3)4/h11-13,16,18H,5-10H2,1-4H3,(H,17,19). The molecule has 5 nitrogen and oxygen atoms in total. The number of alkyl carbamates (subject to hydrolysis) is 1. The van der Waals surface area contributed by atoms with Crippen molar-refractivity contribution in [3.05, 3.63) is 0 Å². The van der Waals surface area contributed by atoms with Gasteiger partial charge in [-0.1, -0.05) is 0 Å². The quantitative estimate of drug-likeness (QED) is 0.724. The van der Waals surface area contributed by atoms with E-state index in [2.05, 4.69) is 17.6 Å². The Labute approximate surface area is 122 Å². The number of carbonyl (C=O) groups is 1. The van der Waals surface area contributed by atoms with Crippen LogP contribution in [0.25, 0.3) is 0 Å². The average molecular weight is 286 g/mol. The summed E-state index contributed by atoms with van der Waals surface area (Å²) in [5, 5.41) is 15.4. The second-order valence-electron chi connectivity index (χ2n) is 6.77. The largest absolute Gasteiger partial charge is 0.444 e. The number of aliphatic hydroxyl groups excluding tert-OH is 1. The van der Waals surface area contributed by atoms with Crippen molar-refractivity contribution in [2.45, 2.75) is 83.5 Å². The molecular formula is C15H30N2O3. The molecule has 1 fully saturated rings. The van der Waals surface area contributed by atoms with Crippen molar-refractivity contribution in [1.29, 1.82) is 0 Å². The van der Waals surface area contributed by atoms with Gasteiger partial charge >= 0.3 is 6.09 Å². The van der Waals surface area contributed by atoms with Gasteiger partial charge in [0, 0.05) is 24.7 Å². The second-order valence-corrected chi connectivity index (χ2v) is 6.77. The number of hydrogen-bond acceptors (Lipinski definition) is 4. The van der Waals surface area contributed by atoms with Gasteiger partial charge in [0.15, 0.2) is 0 Å². The van der Waals surface area contributed by atoms with Crippen LogP contribution in [0, 0.1) is 0 Å². The first kappa shape index (κ1) is 17.2. The summed E-state index contributed by atoms with van der Waals surface area (Å²) in [6, 6.07) is 1.06. The first-order valence-electron chi connectivity index (χ1n) is 7.66. The molecule has 118 valence electrons. The number of nitrogens with one attached hydrogen (secondary N) is 2. The summed E-state index contributed by atoms with van der Waals surface area (Å²) >= 11 is 0. The van der Waals surface area contributed by atoms with Gasteiger partial charge in [-0.25, -0.2) is 4.79 Å². The molecule has 1 amide bonds. The second kappa shape index (κ2) is 7.84. The van der Waals surface area contributed by atoms with E-state index >= 15 is 0 Å². The Morgan fingerprint density at radius 2 is 1.80 bits per heavy atom. The number of ether oxygens (including phenoxy) is 1. The average Bonchev–Trinajstić information content (AvgIpc) is 2.29. The first-order chi connectivity index (χ1) is 9.30. The molecule has 1 saturated carbocycles. The molecule has 0 aliphatic heterocycles. The van der Waals surface area contributed by atoms with Gasteiger partial charge in [-0.15, -0.1) is 0 Å². The summed E-state index contributed by atoms with van der Waals surface area (Å²) < 4.78 is 5.27. The maximum Gasteiger partial charge on any atom is 0.407 e. The summed E-state index contributed by atoms with van der Waals surface area (Å²) in [5.74, 6) is 0. The minimum absolute atomic E-state index is 0.219. The lowest BCUT2D eigenvalue weighted by atomic mass is 9.90. The van der Waals surface area contributed by atoms with Crippen LogP contribution in [0.4, 0.5) is 4.79 Å². The predicted molar refractivity (Wildman–Crippen MR) is 79.7 cm³/mol. The van der Waals surface area contributed by atoms with Crippen LogP contribution in [0.1, 0.15) is 59.8 Å². The number of aliphatic hydroxyl groups is 1. The van der Waals surface area contributed by atoms with Crippen molar-refractivity contribution in [1.82, 2.24) is 10.6 Å². The smallest absolute Gasteiger partial charge is 0.407 e. The third kappa shape index (κ3) is 7.10. The topological polar surface area (TPSA) is 70.6 Å². The minimum Gasteiger partial charge on any atom is -0.444 e. The zero-order valence-corrected chi connectivity index (χ0v) is 13.2. The van der Waals surface area contributed by atoms with Crippen molar-refractivity contribution >= 4 is 6.09 Å². The zero-order valence-electron chi connectivity index (χ0n) is 13.2. The number of rotatable bonds is 5. The van der Waals surface area contributed by atoms with Crippen molar-refractivity contribution in [3.8, 4) is 0 Å². The van der Waals surface area contributed by atoms with E-state index < -0.39 is 5.60 Å². The molecule has 1 rings (SSSR count). The van der Waals surface area contributed by atoms with Crippen molar-refractivity contribution < 1.29 is 14.6 Å². The molecule has 1 aliphatic rings. The van der Waals surface area contributed by atoms with E-state index in [0.29, 0.717) is 12.1 Å². The SMILES string of the molecule is CC(CCO)NC1CCC(NC(=O)OC(C)(C)C)CC1. The van der Waals surface area contributed by atoms with Gasteiger partial charge in [-0.3, -0.25) is 0 Å². The predicted octanol–water partition coefficient (Wildman–Crippen LogP) is 2.18. The van der Waals surface area contributed by atoms with Crippen LogP contribution in [0.2, 0.25) is 0 Å². The molecule has 20 heavy (non-hydrogen) atoms. The fourth-order valence-electron chi connectivity index (χ4n) is 2.56. The number of hydrogen-bond donors (Lipinski definition) is 3. The van der Waals surface area contributed by atoms with Crippen molar-refractivity contribution in [2.24, 2.45) is 0 Å². The molecule has 0 spiro atoms. The van der Waals surface area contributed by atoms with Crippen LogP contribution >= 0.6 is 0 Å². The normalized spacial score (nSPS) is 25.1. The molecular weight excluding hydrogens is 256 g/mol. The summed E-state index contributed by atoms with van der Waals surface area (Å²) in [6.07, 6.45) is 4.52. The molecule has 1 aliphatic carbocycles. The Kier molecular flexibility index (Phi) is 6.76. The van der Waals surface area contributed by atoms with Crippen LogP contribution in [0.15, 0.2) is 0 Å². The molecule has 0 radical (unpaired) electrons. The summed E-state index contributed by atoms with van der Waals surface area (Å²) in [7, 11) is 0. The van der Waals surface area contributed by atoms with E-state index in [4.69, 9.17) is 9.84 Å². The minimum atomic E-state index is -0.442. The molecule has 0 aromatic heterocycles. The lowest BCUT2D eigenvalue weighted by Gasteiger charge is -2.32. The highest BCUT2D eigenvalue weighted by atomic mass is 16.6. The summed E-state index contributed by atoms with van der Waals surface area (Å²) in [6.45, 7) is 7.94. The van der Waals surface area contributed by atoms with Crippen LogP contribution < -0.4 is 10.6 Å². The highest BCUT2D eigenvalue weighted by Crippen LogP contribution is 2.20. The molecule has 0 aromatic carbocycles. The summed E-state index contributed by atoms with van der Waals surface area (Å²) in [5.41, 5.74) is -0.442. The van der Waals surface area contributed by atoms with Crippen LogP contribution in [-0.4, -0.2) is 41.5 Å². The third-order valence-corrected chi connectivity index (χ3v) is 3.53. The van der Waals surface area contributed by atoms with Gasteiger partial charge in [0.2, 0.25) is 0 Å². The maximum absolute atomic E-state index is 11.7. The molecule has 1 atom stereocenters. The van der Waals surface area contributed by atoms with E-state index in [1.54, 1.807) is 0 Å². The Morgan fingerprint density at radius 3 is 2.30 bits per heavy atom. The van der Waals surface area contributed by atoms with E-state index in [1.807, 2.05) is 20.8 Å². The molecule has 0 bridgehead atoms. The fraction of sp³-hybridized carbons (Fsp3) is 0.933. The monoisotopic (exact) mass is 286 g/mol. The highest BCUT2D eigenvalue weighted by molar-refractivity contribution is 5.68. The van der Waals surface area contributed by atoms with Gasteiger partial charge < -0.3 is 20.5 Å². The molecule has 3 N–H and O–H groups in total. The van der Waals surface area contributed by atoms with Crippen LogP contribution in [0.5, 0.6) is 0 Å². The van der Waals surface area contributed by atoms with Gasteiger partial charge in [0.1, 0.15) is 5.60 Å². The van der Waals surface area contributed by atoms with E-state index in [0.717, 1.165) is 32.1 Å². The van der Waals surface area contributed by atoms with Crippen molar-refractivity contribution in [2.75, 3.05) is 6.61 Å². The summed E-state index contributed by atoms with van der Waals surface area (Å²) in [4.78, 5) is 11.7. The Bertz CT molecular complexity index is 294. The lowest BCUT2D eigenvalue weighted by Crippen LogP contribution is -2.45. The fourth-order valence-corrected chi connectivity index (χ4v) is 2.56. The van der Waals surface area contributed by atoms with E-state index in [1.165, 1.54) is 0 Å². The van der Waals surface area contributed by atoms with Gasteiger partial charge in [-0.2, -0.15) is 0 Å². The van der Waals surface area contributed by atoms with Gasteiger partial charge in [-0.05, 0) is 59.8 Å². The van der Waals surface area contributed by atoms with Gasteiger partial charge in [0.05, 0.1) is 0 Å². The third-order valence-electron chi connectivity index (χ3n) is 3.53. The number of amides is 1.